The number of rotatable bonds is 12. The first-order valence-electron chi connectivity index (χ1n) is 11.1. The highest BCUT2D eigenvalue weighted by Crippen LogP contribution is 2.28. The van der Waals surface area contributed by atoms with Gasteiger partial charge in [0.2, 0.25) is 5.91 Å². The lowest BCUT2D eigenvalue weighted by atomic mass is 10.1. The number of nitro groups is 1. The Balaban J connectivity index is 1.69. The fourth-order valence-corrected chi connectivity index (χ4v) is 4.96. The third-order valence-corrected chi connectivity index (χ3v) is 7.17. The minimum atomic E-state index is -4.09. The molecule has 0 unspecified atom stereocenters. The zero-order valence-corrected chi connectivity index (χ0v) is 20.7. The molecule has 0 aliphatic carbocycles. The predicted octanol–water partition coefficient (Wildman–Crippen LogP) is 3.56. The zero-order chi connectivity index (χ0) is 26.1. The lowest BCUT2D eigenvalue weighted by Crippen LogP contribution is -2.41. The number of carbonyl (C=O) groups excluding carboxylic acids is 1. The summed E-state index contributed by atoms with van der Waals surface area (Å²) in [6, 6.07) is 18.3. The van der Waals surface area contributed by atoms with Crippen molar-refractivity contribution in [1.29, 1.82) is 0 Å². The van der Waals surface area contributed by atoms with Crippen LogP contribution >= 0.6 is 0 Å². The highest BCUT2D eigenvalue weighted by atomic mass is 32.2. The molecule has 1 amide bonds. The first-order chi connectivity index (χ1) is 17.3. The lowest BCUT2D eigenvalue weighted by Gasteiger charge is -2.24. The second kappa shape index (κ2) is 12.0. The van der Waals surface area contributed by atoms with Crippen LogP contribution in [-0.2, 0) is 21.2 Å². The highest BCUT2D eigenvalue weighted by Gasteiger charge is 2.27. The van der Waals surface area contributed by atoms with E-state index in [4.69, 9.17) is 9.47 Å². The first kappa shape index (κ1) is 26.5. The van der Waals surface area contributed by atoms with Crippen LogP contribution in [0, 0.1) is 10.1 Å². The van der Waals surface area contributed by atoms with Crippen LogP contribution in [0.15, 0.2) is 77.7 Å². The van der Waals surface area contributed by atoms with Gasteiger partial charge >= 0.3 is 0 Å². The van der Waals surface area contributed by atoms with E-state index in [1.54, 1.807) is 32.4 Å². The third-order valence-electron chi connectivity index (χ3n) is 5.38. The van der Waals surface area contributed by atoms with Crippen LogP contribution in [0.2, 0.25) is 0 Å². The number of benzene rings is 3. The Kier molecular flexibility index (Phi) is 8.85. The molecule has 0 aromatic heterocycles. The number of sulfonamides is 1. The van der Waals surface area contributed by atoms with Gasteiger partial charge in [-0.3, -0.25) is 19.2 Å². The Hall–Kier alpha value is -4.12. The molecule has 11 heteroatoms. The Morgan fingerprint density at radius 2 is 1.64 bits per heavy atom. The van der Waals surface area contributed by atoms with Crippen molar-refractivity contribution in [3.63, 3.8) is 0 Å². The zero-order valence-electron chi connectivity index (χ0n) is 19.9. The molecule has 0 bridgehead atoms. The van der Waals surface area contributed by atoms with Gasteiger partial charge < -0.3 is 14.8 Å². The van der Waals surface area contributed by atoms with E-state index in [0.29, 0.717) is 30.9 Å². The first-order valence-corrected chi connectivity index (χ1v) is 12.5. The van der Waals surface area contributed by atoms with Crippen LogP contribution in [-0.4, -0.2) is 46.6 Å². The number of carbonyl (C=O) groups is 1. The Bertz CT molecular complexity index is 1300. The van der Waals surface area contributed by atoms with E-state index in [9.17, 15) is 23.3 Å². The van der Waals surface area contributed by atoms with Crippen LogP contribution in [0.5, 0.6) is 11.5 Å². The lowest BCUT2D eigenvalue weighted by molar-refractivity contribution is -0.384. The Labute approximate surface area is 209 Å². The SMILES string of the molecule is COc1ccc(CCCNC(=O)CN(c2ccc([N+](=O)[O-])cc2)S(=O)(=O)c2ccccc2)cc1OC. The van der Waals surface area contributed by atoms with E-state index in [1.165, 1.54) is 36.4 Å². The predicted molar refractivity (Wildman–Crippen MR) is 135 cm³/mol. The summed E-state index contributed by atoms with van der Waals surface area (Å²) in [5.41, 5.74) is 0.960. The van der Waals surface area contributed by atoms with Crippen molar-refractivity contribution < 1.29 is 27.6 Å². The second-order valence-electron chi connectivity index (χ2n) is 7.74. The van der Waals surface area contributed by atoms with E-state index in [-0.39, 0.29) is 16.3 Å². The van der Waals surface area contributed by atoms with Crippen molar-refractivity contribution >= 4 is 27.3 Å². The van der Waals surface area contributed by atoms with Gasteiger partial charge in [-0.25, -0.2) is 8.42 Å². The van der Waals surface area contributed by atoms with E-state index < -0.39 is 27.4 Å². The molecule has 3 rings (SSSR count). The molecule has 0 aliphatic rings. The average molecular weight is 514 g/mol. The number of aryl methyl sites for hydroxylation is 1. The van der Waals surface area contributed by atoms with E-state index in [1.807, 2.05) is 18.2 Å². The van der Waals surface area contributed by atoms with Gasteiger partial charge in [0.1, 0.15) is 6.54 Å². The molecule has 3 aromatic carbocycles. The highest BCUT2D eigenvalue weighted by molar-refractivity contribution is 7.92. The molecule has 0 aliphatic heterocycles. The number of hydrogen-bond donors (Lipinski definition) is 1. The summed E-state index contributed by atoms with van der Waals surface area (Å²) in [5.74, 6) is 0.740. The summed E-state index contributed by atoms with van der Waals surface area (Å²) in [4.78, 5) is 23.1. The minimum Gasteiger partial charge on any atom is -0.493 e. The van der Waals surface area contributed by atoms with Gasteiger partial charge in [0.05, 0.1) is 29.7 Å². The van der Waals surface area contributed by atoms with Gasteiger partial charge in [0.25, 0.3) is 15.7 Å². The summed E-state index contributed by atoms with van der Waals surface area (Å²) in [5, 5.41) is 13.7. The van der Waals surface area contributed by atoms with Crippen LogP contribution < -0.4 is 19.1 Å². The molecule has 0 heterocycles. The van der Waals surface area contributed by atoms with Gasteiger partial charge in [-0.15, -0.1) is 0 Å². The molecular weight excluding hydrogens is 486 g/mol. The summed E-state index contributed by atoms with van der Waals surface area (Å²) in [6.45, 7) is -0.155. The fraction of sp³-hybridized carbons (Fsp3) is 0.240. The molecule has 190 valence electrons. The number of nitrogens with one attached hydrogen (secondary N) is 1. The molecule has 0 saturated heterocycles. The van der Waals surface area contributed by atoms with Crippen LogP contribution in [0.1, 0.15) is 12.0 Å². The van der Waals surface area contributed by atoms with Gasteiger partial charge in [0, 0.05) is 18.7 Å². The fourth-order valence-electron chi connectivity index (χ4n) is 3.52. The van der Waals surface area contributed by atoms with Crippen molar-refractivity contribution in [2.45, 2.75) is 17.7 Å². The molecule has 0 radical (unpaired) electrons. The number of ether oxygens (including phenoxy) is 2. The maximum absolute atomic E-state index is 13.3. The van der Waals surface area contributed by atoms with Crippen LogP contribution in [0.3, 0.4) is 0 Å². The minimum absolute atomic E-state index is 0.00426. The van der Waals surface area contributed by atoms with Crippen molar-refractivity contribution in [3.8, 4) is 11.5 Å². The summed E-state index contributed by atoms with van der Waals surface area (Å²) >= 11 is 0. The smallest absolute Gasteiger partial charge is 0.269 e. The van der Waals surface area contributed by atoms with Gasteiger partial charge in [-0.2, -0.15) is 0 Å². The number of amides is 1. The quantitative estimate of drug-likeness (QED) is 0.223. The van der Waals surface area contributed by atoms with Crippen LogP contribution in [0.4, 0.5) is 11.4 Å². The summed E-state index contributed by atoms with van der Waals surface area (Å²) in [7, 11) is -0.975. The topological polar surface area (TPSA) is 128 Å². The summed E-state index contributed by atoms with van der Waals surface area (Å²) in [6.07, 6.45) is 1.28. The number of non-ortho nitro benzene ring substituents is 1. The van der Waals surface area contributed by atoms with Gasteiger partial charge in [0.15, 0.2) is 11.5 Å². The van der Waals surface area contributed by atoms with Crippen molar-refractivity contribution in [1.82, 2.24) is 5.32 Å². The molecule has 1 N–H and O–H groups in total. The molecule has 0 atom stereocenters. The standard InChI is InChI=1S/C25H27N3O7S/c1-34-23-15-10-19(17-24(23)35-2)7-6-16-26-25(29)18-27(20-11-13-21(14-12-20)28(30)31)36(32,33)22-8-4-3-5-9-22/h3-5,8-15,17H,6-7,16,18H2,1-2H3,(H,26,29). The molecule has 3 aromatic rings. The van der Waals surface area contributed by atoms with Gasteiger partial charge in [-0.1, -0.05) is 24.3 Å². The maximum atomic E-state index is 13.3. The number of anilines is 1. The summed E-state index contributed by atoms with van der Waals surface area (Å²) < 4.78 is 38.1. The maximum Gasteiger partial charge on any atom is 0.269 e. The molecule has 36 heavy (non-hydrogen) atoms. The number of methoxy groups -OCH3 is 2. The molecule has 0 spiro atoms. The average Bonchev–Trinajstić information content (AvgIpc) is 2.90. The second-order valence-corrected chi connectivity index (χ2v) is 9.60. The molecular formula is C25H27N3O7S. The number of hydrogen-bond acceptors (Lipinski definition) is 7. The number of nitro benzene ring substituents is 1. The van der Waals surface area contributed by atoms with E-state index in [0.717, 1.165) is 9.87 Å². The van der Waals surface area contributed by atoms with Crippen LogP contribution in [0.25, 0.3) is 0 Å². The number of nitrogens with zero attached hydrogens (tertiary/aromatic N) is 2. The van der Waals surface area contributed by atoms with Gasteiger partial charge in [-0.05, 0) is 54.8 Å². The van der Waals surface area contributed by atoms with E-state index >= 15 is 0 Å². The largest absolute Gasteiger partial charge is 0.493 e. The third kappa shape index (κ3) is 6.51. The molecule has 0 saturated carbocycles. The van der Waals surface area contributed by atoms with Crippen molar-refractivity contribution in [2.75, 3.05) is 31.6 Å². The van der Waals surface area contributed by atoms with E-state index in [2.05, 4.69) is 5.32 Å². The van der Waals surface area contributed by atoms with Crippen molar-refractivity contribution in [2.24, 2.45) is 0 Å². The molecule has 10 nitrogen and oxygen atoms in total. The Morgan fingerprint density at radius 1 is 0.972 bits per heavy atom. The Morgan fingerprint density at radius 3 is 2.25 bits per heavy atom. The normalized spacial score (nSPS) is 10.9. The monoisotopic (exact) mass is 513 g/mol. The molecule has 0 fully saturated rings. The van der Waals surface area contributed by atoms with Crippen molar-refractivity contribution in [3.05, 3.63) is 88.5 Å².